The Morgan fingerprint density at radius 2 is 2.00 bits per heavy atom. The van der Waals surface area contributed by atoms with Gasteiger partial charge in [0, 0.05) is 17.1 Å². The molecular weight excluding hydrogens is 350 g/mol. The van der Waals surface area contributed by atoms with E-state index in [0.29, 0.717) is 0 Å². The van der Waals surface area contributed by atoms with Gasteiger partial charge >= 0.3 is 0 Å². The normalized spacial score (nSPS) is 12.6. The Balaban J connectivity index is 2.84. The third-order valence-electron chi connectivity index (χ3n) is 2.99. The fourth-order valence-electron chi connectivity index (χ4n) is 1.72. The van der Waals surface area contributed by atoms with E-state index in [1.165, 1.54) is 18.5 Å². The molecule has 6 N–H and O–H groups in total. The number of benzene rings is 1. The molecule has 0 aromatic heterocycles. The average molecular weight is 366 g/mol. The summed E-state index contributed by atoms with van der Waals surface area (Å²) < 4.78 is 31.7. The molecule has 0 saturated carbocycles. The quantitative estimate of drug-likeness (QED) is 0.278. The maximum absolute atomic E-state index is 11.8. The van der Waals surface area contributed by atoms with E-state index in [9.17, 15) is 18.0 Å². The van der Waals surface area contributed by atoms with Crippen LogP contribution in [0.5, 0.6) is 0 Å². The minimum absolute atomic E-state index is 0.0387. The molecule has 2 amide bonds. The molecule has 0 spiro atoms. The predicted octanol–water partition coefficient (Wildman–Crippen LogP) is 0.447. The Morgan fingerprint density at radius 1 is 1.39 bits per heavy atom. The van der Waals surface area contributed by atoms with E-state index in [1.807, 2.05) is 0 Å². The second kappa shape index (κ2) is 7.70. The maximum atomic E-state index is 11.8. The van der Waals surface area contributed by atoms with Gasteiger partial charge in [-0.3, -0.25) is 19.3 Å². The van der Waals surface area contributed by atoms with Crippen LogP contribution < -0.4 is 16.5 Å². The van der Waals surface area contributed by atoms with Gasteiger partial charge in [0.15, 0.2) is 0 Å². The van der Waals surface area contributed by atoms with E-state index in [4.69, 9.17) is 27.1 Å². The molecular formula is C12H16ClN3O6S. The van der Waals surface area contributed by atoms with Crippen molar-refractivity contribution < 1.29 is 27.8 Å². The van der Waals surface area contributed by atoms with Gasteiger partial charge in [-0.05, 0) is 31.0 Å². The van der Waals surface area contributed by atoms with Crippen molar-refractivity contribution in [1.29, 1.82) is 0 Å². The second-order valence-corrected chi connectivity index (χ2v) is 6.52. The molecule has 0 aliphatic rings. The Morgan fingerprint density at radius 3 is 2.52 bits per heavy atom. The van der Waals surface area contributed by atoms with E-state index in [1.54, 1.807) is 0 Å². The van der Waals surface area contributed by atoms with Crippen molar-refractivity contribution in [3.63, 3.8) is 0 Å². The number of amides is 2. The van der Waals surface area contributed by atoms with Crippen LogP contribution in [0.25, 0.3) is 0 Å². The van der Waals surface area contributed by atoms with Gasteiger partial charge < -0.3 is 11.1 Å². The van der Waals surface area contributed by atoms with Crippen LogP contribution in [-0.4, -0.2) is 36.0 Å². The van der Waals surface area contributed by atoms with Gasteiger partial charge in [0.1, 0.15) is 4.90 Å². The first kappa shape index (κ1) is 19.3. The first-order valence-electron chi connectivity index (χ1n) is 6.33. The molecule has 1 aromatic rings. The summed E-state index contributed by atoms with van der Waals surface area (Å²) in [5, 5.41) is 10.8. The Labute approximate surface area is 137 Å². The van der Waals surface area contributed by atoms with Crippen molar-refractivity contribution in [2.45, 2.75) is 30.7 Å². The van der Waals surface area contributed by atoms with Gasteiger partial charge in [-0.25, -0.2) is 5.48 Å². The fourth-order valence-corrected chi connectivity index (χ4v) is 2.77. The summed E-state index contributed by atoms with van der Waals surface area (Å²) in [6.45, 7) is 1.41. The maximum Gasteiger partial charge on any atom is 0.294 e. The summed E-state index contributed by atoms with van der Waals surface area (Å²) in [6.07, 6.45) is -0.190. The van der Waals surface area contributed by atoms with E-state index in [2.05, 4.69) is 5.32 Å². The van der Waals surface area contributed by atoms with Crippen LogP contribution in [-0.2, 0) is 19.7 Å². The summed E-state index contributed by atoms with van der Waals surface area (Å²) in [5.74, 6) is -1.38. The highest BCUT2D eigenvalue weighted by atomic mass is 35.5. The number of hydrogen-bond acceptors (Lipinski definition) is 6. The van der Waals surface area contributed by atoms with Crippen LogP contribution in [0.1, 0.15) is 18.4 Å². The van der Waals surface area contributed by atoms with Crippen molar-refractivity contribution in [3.8, 4) is 0 Å². The fraction of sp³-hybridized carbons (Fsp3) is 0.333. The molecule has 0 radical (unpaired) electrons. The first-order chi connectivity index (χ1) is 10.6. The lowest BCUT2D eigenvalue weighted by molar-refractivity contribution is -0.130. The van der Waals surface area contributed by atoms with Gasteiger partial charge in [0.05, 0.1) is 6.04 Å². The number of anilines is 1. The summed E-state index contributed by atoms with van der Waals surface area (Å²) in [5.41, 5.74) is 6.99. The largest absolute Gasteiger partial charge is 0.326 e. The lowest BCUT2D eigenvalue weighted by Crippen LogP contribution is -2.39. The topological polar surface area (TPSA) is 159 Å². The molecule has 0 heterocycles. The van der Waals surface area contributed by atoms with E-state index in [-0.39, 0.29) is 29.1 Å². The van der Waals surface area contributed by atoms with Crippen LogP contribution in [0.2, 0.25) is 5.02 Å². The number of hydroxylamine groups is 1. The third-order valence-corrected chi connectivity index (χ3v) is 4.36. The molecule has 11 heteroatoms. The van der Waals surface area contributed by atoms with Gasteiger partial charge in [-0.2, -0.15) is 8.42 Å². The lowest BCUT2D eigenvalue weighted by Gasteiger charge is -2.12. The number of carbonyl (C=O) groups is 2. The zero-order valence-corrected chi connectivity index (χ0v) is 13.6. The van der Waals surface area contributed by atoms with Gasteiger partial charge in [0.2, 0.25) is 5.91 Å². The Kier molecular flexibility index (Phi) is 6.47. The molecule has 1 aromatic carbocycles. The summed E-state index contributed by atoms with van der Waals surface area (Å²) in [4.78, 5) is 22.3. The zero-order valence-electron chi connectivity index (χ0n) is 12.0. The van der Waals surface area contributed by atoms with Crippen molar-refractivity contribution in [1.82, 2.24) is 5.48 Å². The zero-order chi connectivity index (χ0) is 17.8. The van der Waals surface area contributed by atoms with Crippen LogP contribution in [0.4, 0.5) is 5.69 Å². The van der Waals surface area contributed by atoms with Crippen LogP contribution in [0, 0.1) is 6.92 Å². The number of nitrogens with one attached hydrogen (secondary N) is 2. The number of hydrogen-bond donors (Lipinski definition) is 5. The monoisotopic (exact) mass is 365 g/mol. The highest BCUT2D eigenvalue weighted by Crippen LogP contribution is 2.27. The molecule has 0 aliphatic heterocycles. The number of rotatable bonds is 6. The van der Waals surface area contributed by atoms with E-state index >= 15 is 0 Å². The summed E-state index contributed by atoms with van der Waals surface area (Å²) in [7, 11) is -4.49. The van der Waals surface area contributed by atoms with Gasteiger partial charge in [0.25, 0.3) is 16.0 Å². The predicted molar refractivity (Wildman–Crippen MR) is 81.8 cm³/mol. The van der Waals surface area contributed by atoms with Crippen molar-refractivity contribution in [2.75, 3.05) is 5.32 Å². The van der Waals surface area contributed by atoms with Gasteiger partial charge in [-0.1, -0.05) is 11.6 Å². The van der Waals surface area contributed by atoms with Crippen molar-refractivity contribution >= 4 is 39.2 Å². The van der Waals surface area contributed by atoms with Crippen molar-refractivity contribution in [3.05, 3.63) is 22.7 Å². The average Bonchev–Trinajstić information content (AvgIpc) is 2.46. The molecule has 23 heavy (non-hydrogen) atoms. The first-order valence-corrected chi connectivity index (χ1v) is 8.15. The molecule has 9 nitrogen and oxygen atoms in total. The second-order valence-electron chi connectivity index (χ2n) is 4.73. The van der Waals surface area contributed by atoms with E-state index < -0.39 is 32.9 Å². The summed E-state index contributed by atoms with van der Waals surface area (Å²) >= 11 is 5.87. The lowest BCUT2D eigenvalue weighted by atomic mass is 10.1. The standard InChI is InChI=1S/C12H16ClN3O6S/c1-6-8(13)4-7(5-10(6)23(20,21)22)15-11(17)3-2-9(14)12(18)16-19/h4-5,9,19H,2-3,14H2,1H3,(H,15,17)(H,16,18)(H,20,21,22)/t9-/m0/s1. The van der Waals surface area contributed by atoms with Gasteiger partial charge in [-0.15, -0.1) is 0 Å². The minimum Gasteiger partial charge on any atom is -0.326 e. The molecule has 0 saturated heterocycles. The molecule has 1 rings (SSSR count). The van der Waals surface area contributed by atoms with Crippen LogP contribution in [0.3, 0.4) is 0 Å². The Bertz CT molecular complexity index is 722. The van der Waals surface area contributed by atoms with Crippen LogP contribution >= 0.6 is 11.6 Å². The highest BCUT2D eigenvalue weighted by Gasteiger charge is 2.18. The molecule has 1 atom stereocenters. The molecule has 0 unspecified atom stereocenters. The van der Waals surface area contributed by atoms with Crippen LogP contribution in [0.15, 0.2) is 17.0 Å². The molecule has 0 fully saturated rings. The minimum atomic E-state index is -4.49. The molecule has 0 bridgehead atoms. The third kappa shape index (κ3) is 5.44. The Hall–Kier alpha value is -1.72. The van der Waals surface area contributed by atoms with E-state index in [0.717, 1.165) is 6.07 Å². The number of carbonyl (C=O) groups excluding carboxylic acids is 2. The highest BCUT2D eigenvalue weighted by molar-refractivity contribution is 7.85. The molecule has 0 aliphatic carbocycles. The summed E-state index contributed by atoms with van der Waals surface area (Å²) in [6, 6.07) is 1.32. The van der Waals surface area contributed by atoms with Crippen molar-refractivity contribution in [2.24, 2.45) is 5.73 Å². The smallest absolute Gasteiger partial charge is 0.294 e. The number of halogens is 1. The SMILES string of the molecule is Cc1c(Cl)cc(NC(=O)CC[C@H](N)C(=O)NO)cc1S(=O)(=O)O. The molecule has 128 valence electrons. The number of nitrogens with two attached hydrogens (primary N) is 1.